The first-order chi connectivity index (χ1) is 5.33. The Hall–Kier alpha value is -1.51. The second-order valence-corrected chi connectivity index (χ2v) is 2.03. The van der Waals surface area contributed by atoms with Crippen LogP contribution in [0.5, 0.6) is 5.75 Å². The molecule has 0 spiro atoms. The molecule has 0 saturated heterocycles. The maximum atomic E-state index is 8.26. The first kappa shape index (κ1) is 7.60. The molecule has 0 fully saturated rings. The summed E-state index contributed by atoms with van der Waals surface area (Å²) < 4.78 is 5.06. The van der Waals surface area contributed by atoms with Gasteiger partial charge in [-0.1, -0.05) is 23.4 Å². The highest BCUT2D eigenvalue weighted by Crippen LogP contribution is 2.08. The molecule has 3 heteroatoms. The zero-order valence-electron chi connectivity index (χ0n) is 6.19. The Balaban J connectivity index is 2.65. The van der Waals surface area contributed by atoms with E-state index in [2.05, 4.69) is 5.16 Å². The van der Waals surface area contributed by atoms with E-state index in [0.717, 1.165) is 0 Å². The van der Waals surface area contributed by atoms with Crippen molar-refractivity contribution < 1.29 is 9.94 Å². The van der Waals surface area contributed by atoms with Crippen molar-refractivity contribution in [1.29, 1.82) is 0 Å². The summed E-state index contributed by atoms with van der Waals surface area (Å²) in [6.07, 6.45) is 0. The van der Waals surface area contributed by atoms with E-state index < -0.39 is 0 Å². The van der Waals surface area contributed by atoms with Crippen molar-refractivity contribution in [2.75, 3.05) is 0 Å². The summed E-state index contributed by atoms with van der Waals surface area (Å²) in [6, 6.07) is 9.15. The van der Waals surface area contributed by atoms with E-state index in [9.17, 15) is 0 Å². The Morgan fingerprint density at radius 1 is 1.36 bits per heavy atom. The molecule has 1 rings (SSSR count). The molecule has 0 amide bonds. The van der Waals surface area contributed by atoms with E-state index in [-0.39, 0.29) is 5.90 Å². The highest BCUT2D eigenvalue weighted by Gasteiger charge is 1.92. The molecule has 0 heterocycles. The number of ether oxygens (including phenoxy) is 1. The van der Waals surface area contributed by atoms with E-state index in [4.69, 9.17) is 9.94 Å². The molecule has 0 radical (unpaired) electrons. The molecule has 0 bridgehead atoms. The fourth-order valence-corrected chi connectivity index (χ4v) is 0.680. The van der Waals surface area contributed by atoms with Crippen LogP contribution in [0.3, 0.4) is 0 Å². The minimum Gasteiger partial charge on any atom is -0.440 e. The molecule has 0 aromatic heterocycles. The van der Waals surface area contributed by atoms with E-state index in [0.29, 0.717) is 5.75 Å². The summed E-state index contributed by atoms with van der Waals surface area (Å²) in [5.41, 5.74) is 0. The molecular weight excluding hydrogens is 142 g/mol. The zero-order chi connectivity index (χ0) is 8.10. The summed E-state index contributed by atoms with van der Waals surface area (Å²) in [7, 11) is 0. The minimum atomic E-state index is 0.233. The predicted molar refractivity (Wildman–Crippen MR) is 42.0 cm³/mol. The topological polar surface area (TPSA) is 41.8 Å². The first-order valence-electron chi connectivity index (χ1n) is 3.24. The lowest BCUT2D eigenvalue weighted by molar-refractivity contribution is 0.303. The van der Waals surface area contributed by atoms with Crippen LogP contribution >= 0.6 is 0 Å². The van der Waals surface area contributed by atoms with Crippen LogP contribution in [0.4, 0.5) is 0 Å². The van der Waals surface area contributed by atoms with Gasteiger partial charge in [-0.25, -0.2) is 0 Å². The molecule has 11 heavy (non-hydrogen) atoms. The lowest BCUT2D eigenvalue weighted by Crippen LogP contribution is -2.01. The second kappa shape index (κ2) is 3.61. The summed E-state index contributed by atoms with van der Waals surface area (Å²) >= 11 is 0. The van der Waals surface area contributed by atoms with Crippen LogP contribution in [0, 0.1) is 0 Å². The standard InChI is InChI=1S/C8H9NO2/c1-7(9-10)11-8-5-3-2-4-6-8/h2-6,10H,1H3/b9-7+. The number of para-hydroxylation sites is 1. The molecular formula is C8H9NO2. The number of hydrogen-bond acceptors (Lipinski definition) is 3. The monoisotopic (exact) mass is 151 g/mol. The molecule has 1 aromatic carbocycles. The van der Waals surface area contributed by atoms with Crippen molar-refractivity contribution >= 4 is 5.90 Å². The van der Waals surface area contributed by atoms with Gasteiger partial charge in [0.25, 0.3) is 0 Å². The van der Waals surface area contributed by atoms with Crippen LogP contribution in [0.1, 0.15) is 6.92 Å². The lowest BCUT2D eigenvalue weighted by Gasteiger charge is -2.00. The molecule has 0 atom stereocenters. The van der Waals surface area contributed by atoms with Crippen molar-refractivity contribution in [1.82, 2.24) is 0 Å². The average Bonchev–Trinajstić information content (AvgIpc) is 2.06. The van der Waals surface area contributed by atoms with E-state index >= 15 is 0 Å². The van der Waals surface area contributed by atoms with Gasteiger partial charge in [-0.05, 0) is 12.1 Å². The molecule has 0 aliphatic heterocycles. The number of oxime groups is 1. The lowest BCUT2D eigenvalue weighted by atomic mass is 10.3. The van der Waals surface area contributed by atoms with Gasteiger partial charge in [-0.3, -0.25) is 0 Å². The smallest absolute Gasteiger partial charge is 0.227 e. The summed E-state index contributed by atoms with van der Waals surface area (Å²) in [4.78, 5) is 0. The number of rotatable bonds is 1. The number of nitrogens with zero attached hydrogens (tertiary/aromatic N) is 1. The molecule has 1 aromatic rings. The fourth-order valence-electron chi connectivity index (χ4n) is 0.680. The van der Waals surface area contributed by atoms with Gasteiger partial charge in [-0.15, -0.1) is 0 Å². The van der Waals surface area contributed by atoms with Gasteiger partial charge in [0.1, 0.15) is 5.75 Å². The Labute approximate surface area is 64.9 Å². The van der Waals surface area contributed by atoms with Gasteiger partial charge in [0.15, 0.2) is 0 Å². The van der Waals surface area contributed by atoms with Crippen LogP contribution in [0.2, 0.25) is 0 Å². The third-order valence-corrected chi connectivity index (χ3v) is 1.15. The van der Waals surface area contributed by atoms with Gasteiger partial charge >= 0.3 is 0 Å². The highest BCUT2D eigenvalue weighted by atomic mass is 16.5. The molecule has 1 N–H and O–H groups in total. The van der Waals surface area contributed by atoms with Crippen molar-refractivity contribution in [3.05, 3.63) is 30.3 Å². The Morgan fingerprint density at radius 3 is 2.55 bits per heavy atom. The van der Waals surface area contributed by atoms with E-state index in [1.54, 1.807) is 19.1 Å². The van der Waals surface area contributed by atoms with E-state index in [1.165, 1.54) is 0 Å². The van der Waals surface area contributed by atoms with Crippen LogP contribution < -0.4 is 4.74 Å². The van der Waals surface area contributed by atoms with Crippen LogP contribution in [-0.4, -0.2) is 11.1 Å². The van der Waals surface area contributed by atoms with Gasteiger partial charge < -0.3 is 9.94 Å². The maximum absolute atomic E-state index is 8.26. The van der Waals surface area contributed by atoms with Crippen molar-refractivity contribution in [2.45, 2.75) is 6.92 Å². The summed E-state index contributed by atoms with van der Waals surface area (Å²) in [5, 5.41) is 11.1. The zero-order valence-corrected chi connectivity index (χ0v) is 6.19. The van der Waals surface area contributed by atoms with E-state index in [1.807, 2.05) is 18.2 Å². The Morgan fingerprint density at radius 2 is 2.00 bits per heavy atom. The predicted octanol–water partition coefficient (Wildman–Crippen LogP) is 1.87. The third kappa shape index (κ3) is 2.29. The van der Waals surface area contributed by atoms with Crippen LogP contribution in [0.15, 0.2) is 35.5 Å². The third-order valence-electron chi connectivity index (χ3n) is 1.15. The largest absolute Gasteiger partial charge is 0.440 e. The Bertz CT molecular complexity index is 244. The second-order valence-electron chi connectivity index (χ2n) is 2.03. The highest BCUT2D eigenvalue weighted by molar-refractivity contribution is 5.74. The molecule has 0 aliphatic rings. The number of hydrogen-bond donors (Lipinski definition) is 1. The molecule has 58 valence electrons. The normalized spacial score (nSPS) is 11.2. The Kier molecular flexibility index (Phi) is 2.49. The van der Waals surface area contributed by atoms with Crippen molar-refractivity contribution in [3.8, 4) is 5.75 Å². The molecule has 0 saturated carbocycles. The fraction of sp³-hybridized carbons (Fsp3) is 0.125. The van der Waals surface area contributed by atoms with Gasteiger partial charge in [0.2, 0.25) is 5.90 Å². The van der Waals surface area contributed by atoms with Gasteiger partial charge in [0, 0.05) is 6.92 Å². The SMILES string of the molecule is C/C(=N\O)Oc1ccccc1. The van der Waals surface area contributed by atoms with Crippen molar-refractivity contribution in [3.63, 3.8) is 0 Å². The molecule has 0 aliphatic carbocycles. The van der Waals surface area contributed by atoms with Gasteiger partial charge in [-0.2, -0.15) is 0 Å². The summed E-state index contributed by atoms with van der Waals surface area (Å²) in [6.45, 7) is 1.58. The van der Waals surface area contributed by atoms with Crippen LogP contribution in [0.25, 0.3) is 0 Å². The quantitative estimate of drug-likeness (QED) is 0.288. The van der Waals surface area contributed by atoms with Crippen molar-refractivity contribution in [2.24, 2.45) is 5.16 Å². The average molecular weight is 151 g/mol. The number of benzene rings is 1. The molecule has 3 nitrogen and oxygen atoms in total. The molecule has 0 unspecified atom stereocenters. The van der Waals surface area contributed by atoms with Gasteiger partial charge in [0.05, 0.1) is 0 Å². The maximum Gasteiger partial charge on any atom is 0.227 e. The first-order valence-corrected chi connectivity index (χ1v) is 3.24. The van der Waals surface area contributed by atoms with Crippen LogP contribution in [-0.2, 0) is 0 Å². The summed E-state index contributed by atoms with van der Waals surface area (Å²) in [5.74, 6) is 0.902. The minimum absolute atomic E-state index is 0.233.